The summed E-state index contributed by atoms with van der Waals surface area (Å²) < 4.78 is 0. The van der Waals surface area contributed by atoms with Crippen LogP contribution in [0.15, 0.2) is 0 Å². The zero-order valence-corrected chi connectivity index (χ0v) is 17.7. The highest BCUT2D eigenvalue weighted by Gasteiger charge is 2.33. The van der Waals surface area contributed by atoms with Gasteiger partial charge in [-0.3, -0.25) is 28.8 Å². The van der Waals surface area contributed by atoms with Crippen LogP contribution in [0.3, 0.4) is 0 Å². The molecule has 0 aliphatic carbocycles. The number of hydrogen-bond acceptors (Lipinski definition) is 8. The monoisotopic (exact) mass is 472 g/mol. The second kappa shape index (κ2) is 12.9. The lowest BCUT2D eigenvalue weighted by atomic mass is 10.1. The van der Waals surface area contributed by atoms with Gasteiger partial charge < -0.3 is 42.9 Å². The predicted molar refractivity (Wildman–Crippen MR) is 109 cm³/mol. The van der Waals surface area contributed by atoms with Crippen molar-refractivity contribution in [1.82, 2.24) is 21.3 Å². The molecule has 0 saturated carbocycles. The van der Waals surface area contributed by atoms with E-state index in [4.69, 9.17) is 16.6 Å². The van der Waals surface area contributed by atoms with Crippen molar-refractivity contribution >= 4 is 41.5 Å². The highest BCUT2D eigenvalue weighted by molar-refractivity contribution is 5.97. The van der Waals surface area contributed by atoms with Crippen molar-refractivity contribution in [1.29, 1.82) is 0 Å². The number of aliphatic carboxylic acids is 2. The van der Waals surface area contributed by atoms with Gasteiger partial charge in [-0.2, -0.15) is 0 Å². The first-order valence-corrected chi connectivity index (χ1v) is 10.1. The van der Waals surface area contributed by atoms with Gasteiger partial charge in [0.1, 0.15) is 18.1 Å². The normalized spacial score (nSPS) is 17.8. The van der Waals surface area contributed by atoms with Crippen LogP contribution >= 0.6 is 0 Å². The Morgan fingerprint density at radius 2 is 1.36 bits per heavy atom. The Morgan fingerprint density at radius 1 is 0.848 bits per heavy atom. The van der Waals surface area contributed by atoms with Crippen LogP contribution in [0, 0.1) is 0 Å². The number of hydrogen-bond donors (Lipinski definition) is 8. The second-order valence-corrected chi connectivity index (χ2v) is 7.44. The molecule has 4 unspecified atom stereocenters. The summed E-state index contributed by atoms with van der Waals surface area (Å²) in [6.07, 6.45) is -1.11. The fourth-order valence-electron chi connectivity index (χ4n) is 3.07. The van der Waals surface area contributed by atoms with Crippen molar-refractivity contribution in [3.63, 3.8) is 0 Å². The molecule has 0 aromatic heterocycles. The van der Waals surface area contributed by atoms with E-state index in [0.29, 0.717) is 13.0 Å². The van der Waals surface area contributed by atoms with Crippen LogP contribution in [-0.4, -0.2) is 82.4 Å². The molecule has 1 rings (SSSR count). The van der Waals surface area contributed by atoms with Gasteiger partial charge in [0.15, 0.2) is 0 Å². The molecule has 10 N–H and O–H groups in total. The van der Waals surface area contributed by atoms with E-state index >= 15 is 0 Å². The molecule has 15 heteroatoms. The van der Waals surface area contributed by atoms with Crippen LogP contribution in [0.4, 0.5) is 0 Å². The Balaban J connectivity index is 2.93. The van der Waals surface area contributed by atoms with Crippen LogP contribution in [0.2, 0.25) is 0 Å². The van der Waals surface area contributed by atoms with Crippen LogP contribution in [-0.2, 0) is 33.6 Å². The van der Waals surface area contributed by atoms with Crippen LogP contribution in [0.1, 0.15) is 38.5 Å². The molecule has 0 radical (unpaired) electrons. The molecule has 0 aromatic rings. The van der Waals surface area contributed by atoms with E-state index in [1.165, 1.54) is 0 Å². The summed E-state index contributed by atoms with van der Waals surface area (Å²) in [6, 6.07) is -5.32. The number of nitrogens with one attached hydrogen (secondary N) is 4. The minimum absolute atomic E-state index is 0.456. The van der Waals surface area contributed by atoms with E-state index < -0.39 is 91.3 Å². The minimum Gasteiger partial charge on any atom is -0.481 e. The van der Waals surface area contributed by atoms with Gasteiger partial charge in [-0.15, -0.1) is 0 Å². The van der Waals surface area contributed by atoms with E-state index in [1.54, 1.807) is 0 Å². The van der Waals surface area contributed by atoms with Crippen molar-refractivity contribution in [3.05, 3.63) is 0 Å². The van der Waals surface area contributed by atoms with Gasteiger partial charge >= 0.3 is 11.9 Å². The summed E-state index contributed by atoms with van der Waals surface area (Å²) in [5, 5.41) is 27.3. The van der Waals surface area contributed by atoms with Crippen LogP contribution in [0.25, 0.3) is 0 Å². The molecule has 1 saturated heterocycles. The van der Waals surface area contributed by atoms with Gasteiger partial charge in [-0.25, -0.2) is 4.79 Å². The van der Waals surface area contributed by atoms with Gasteiger partial charge in [0.2, 0.25) is 29.5 Å². The minimum atomic E-state index is -1.65. The fraction of sp³-hybridized carbons (Fsp3) is 0.611. The first-order valence-electron chi connectivity index (χ1n) is 10.1. The van der Waals surface area contributed by atoms with Gasteiger partial charge in [0.25, 0.3) is 0 Å². The van der Waals surface area contributed by atoms with E-state index in [1.807, 2.05) is 5.32 Å². The third-order valence-electron chi connectivity index (χ3n) is 4.71. The molecule has 5 amide bonds. The number of rotatable bonds is 14. The van der Waals surface area contributed by atoms with Gasteiger partial charge in [0, 0.05) is 6.42 Å². The molecule has 15 nitrogen and oxygen atoms in total. The molecule has 4 atom stereocenters. The molecular formula is C18H28N6O9. The molecule has 1 aliphatic heterocycles. The lowest BCUT2D eigenvalue weighted by Gasteiger charge is -2.24. The molecule has 0 bridgehead atoms. The summed E-state index contributed by atoms with van der Waals surface area (Å²) in [5.74, 6) is -7.48. The van der Waals surface area contributed by atoms with Crippen molar-refractivity contribution in [2.75, 3.05) is 6.54 Å². The van der Waals surface area contributed by atoms with Crippen LogP contribution in [0.5, 0.6) is 0 Å². The third-order valence-corrected chi connectivity index (χ3v) is 4.71. The smallest absolute Gasteiger partial charge is 0.326 e. The first kappa shape index (κ1) is 27.3. The standard InChI is InChI=1S/C18H28N6O9/c19-12(25)6-10(16(30)22-9(18(32)33)3-4-14(27)28)24-17(31)11(7-13(20)26)23-15(29)8-2-1-5-21-8/h8-11,21H,1-7H2,(H2,19,25)(H2,20,26)(H,22,30)(H,23,29)(H,24,31)(H,27,28)(H,32,33). The highest BCUT2D eigenvalue weighted by atomic mass is 16.4. The van der Waals surface area contributed by atoms with Gasteiger partial charge in [0.05, 0.1) is 18.9 Å². The maximum Gasteiger partial charge on any atom is 0.326 e. The van der Waals surface area contributed by atoms with E-state index in [-0.39, 0.29) is 0 Å². The quantitative estimate of drug-likeness (QED) is 0.121. The molecule has 33 heavy (non-hydrogen) atoms. The summed E-state index contributed by atoms with van der Waals surface area (Å²) in [4.78, 5) is 82.2. The third kappa shape index (κ3) is 9.94. The molecular weight excluding hydrogens is 444 g/mol. The van der Waals surface area contributed by atoms with Crippen molar-refractivity contribution in [3.8, 4) is 0 Å². The zero-order chi connectivity index (χ0) is 25.1. The van der Waals surface area contributed by atoms with Crippen molar-refractivity contribution < 1.29 is 43.8 Å². The maximum absolute atomic E-state index is 12.7. The SMILES string of the molecule is NC(=O)CC(NC(=O)C(CC(N)=O)NC(=O)C1CCCN1)C(=O)NC(CCC(=O)O)C(=O)O. The number of primary amides is 2. The largest absolute Gasteiger partial charge is 0.481 e. The van der Waals surface area contributed by atoms with Crippen LogP contribution < -0.4 is 32.7 Å². The van der Waals surface area contributed by atoms with E-state index in [0.717, 1.165) is 6.42 Å². The summed E-state index contributed by atoms with van der Waals surface area (Å²) in [6.45, 7) is 0.595. The average Bonchev–Trinajstić information content (AvgIpc) is 3.23. The Hall–Kier alpha value is -3.75. The van der Waals surface area contributed by atoms with E-state index in [9.17, 15) is 38.7 Å². The first-order chi connectivity index (χ1) is 15.4. The second-order valence-electron chi connectivity index (χ2n) is 7.44. The lowest BCUT2D eigenvalue weighted by molar-refractivity contribution is -0.143. The number of nitrogens with two attached hydrogens (primary N) is 2. The molecule has 184 valence electrons. The van der Waals surface area contributed by atoms with Crippen molar-refractivity contribution in [2.24, 2.45) is 11.5 Å². The molecule has 0 spiro atoms. The molecule has 1 fully saturated rings. The zero-order valence-electron chi connectivity index (χ0n) is 17.7. The number of carbonyl (C=O) groups is 7. The van der Waals surface area contributed by atoms with E-state index in [2.05, 4.69) is 16.0 Å². The highest BCUT2D eigenvalue weighted by Crippen LogP contribution is 2.07. The van der Waals surface area contributed by atoms with Gasteiger partial charge in [-0.05, 0) is 25.8 Å². The van der Waals surface area contributed by atoms with Gasteiger partial charge in [-0.1, -0.05) is 0 Å². The molecule has 1 aliphatic rings. The average molecular weight is 472 g/mol. The Morgan fingerprint density at radius 3 is 1.79 bits per heavy atom. The Kier molecular flexibility index (Phi) is 10.7. The number of amides is 5. The number of carboxylic acid groups (broad SMARTS) is 2. The topological polar surface area (TPSA) is 260 Å². The lowest BCUT2D eigenvalue weighted by Crippen LogP contribution is -2.58. The Bertz CT molecular complexity index is 796. The number of carboxylic acids is 2. The maximum atomic E-state index is 12.7. The molecule has 1 heterocycles. The fourth-order valence-corrected chi connectivity index (χ4v) is 3.07. The summed E-state index contributed by atoms with van der Waals surface area (Å²) >= 11 is 0. The van der Waals surface area contributed by atoms with Crippen molar-refractivity contribution in [2.45, 2.75) is 62.7 Å². The Labute approximate surface area is 188 Å². The summed E-state index contributed by atoms with van der Waals surface area (Å²) in [5.41, 5.74) is 10.2. The number of carbonyl (C=O) groups excluding carboxylic acids is 5. The summed E-state index contributed by atoms with van der Waals surface area (Å²) in [7, 11) is 0. The predicted octanol–water partition coefficient (Wildman–Crippen LogP) is -4.11. The molecule has 0 aromatic carbocycles.